The monoisotopic (exact) mass is 232 g/mol. The minimum atomic E-state index is -0.894. The molecule has 2 rings (SSSR count). The maximum Gasteiger partial charge on any atom is 0.304 e. The molecule has 0 saturated carbocycles. The van der Waals surface area contributed by atoms with Gasteiger partial charge >= 0.3 is 5.97 Å². The fourth-order valence-electron chi connectivity index (χ4n) is 1.66. The smallest absolute Gasteiger partial charge is 0.304 e. The molecule has 88 valence electrons. The molecule has 5 heteroatoms. The number of carboxylic acids is 1. The molecule has 0 aliphatic carbocycles. The zero-order valence-electron chi connectivity index (χ0n) is 9.33. The average Bonchev–Trinajstić information content (AvgIpc) is 2.73. The number of rotatable bonds is 4. The molecule has 1 aromatic carbocycles. The predicted molar refractivity (Wildman–Crippen MR) is 59.6 cm³/mol. The van der Waals surface area contributed by atoms with Gasteiger partial charge in [0.15, 0.2) is 0 Å². The molecule has 0 aliphatic rings. The lowest BCUT2D eigenvalue weighted by Crippen LogP contribution is -2.08. The first-order valence-electron chi connectivity index (χ1n) is 5.23. The van der Waals surface area contributed by atoms with Gasteiger partial charge in [0.25, 0.3) is 0 Å². The molecule has 1 aromatic heterocycles. The highest BCUT2D eigenvalue weighted by Crippen LogP contribution is 2.26. The molecule has 5 nitrogen and oxygen atoms in total. The lowest BCUT2D eigenvalue weighted by Gasteiger charge is -2.10. The first-order chi connectivity index (χ1) is 8.16. The van der Waals surface area contributed by atoms with Gasteiger partial charge in [0.05, 0.1) is 12.3 Å². The Balaban J connectivity index is 2.35. The Morgan fingerprint density at radius 2 is 2.06 bits per heavy atom. The minimum Gasteiger partial charge on any atom is -0.481 e. The van der Waals surface area contributed by atoms with Crippen LogP contribution in [0.3, 0.4) is 0 Å². The van der Waals surface area contributed by atoms with Crippen LogP contribution in [-0.4, -0.2) is 21.3 Å². The van der Waals surface area contributed by atoms with Crippen LogP contribution in [0.2, 0.25) is 0 Å². The van der Waals surface area contributed by atoms with Gasteiger partial charge in [-0.15, -0.1) is 10.2 Å². The molecule has 1 N–H and O–H groups in total. The molecule has 2 aromatic rings. The van der Waals surface area contributed by atoms with Gasteiger partial charge in [-0.25, -0.2) is 0 Å². The summed E-state index contributed by atoms with van der Waals surface area (Å²) < 4.78 is 5.32. The molecule has 17 heavy (non-hydrogen) atoms. The van der Waals surface area contributed by atoms with Gasteiger partial charge in [-0.05, 0) is 5.56 Å². The molecule has 0 radical (unpaired) electrons. The molecular formula is C12H12N2O3. The quantitative estimate of drug-likeness (QED) is 0.872. The van der Waals surface area contributed by atoms with Crippen LogP contribution in [0, 0.1) is 6.92 Å². The molecule has 0 amide bonds. The summed E-state index contributed by atoms with van der Waals surface area (Å²) in [6.45, 7) is 1.68. The summed E-state index contributed by atoms with van der Waals surface area (Å²) in [5.41, 5.74) is 0.860. The molecule has 0 unspecified atom stereocenters. The van der Waals surface area contributed by atoms with E-state index in [1.807, 2.05) is 30.3 Å². The Hall–Kier alpha value is -2.17. The summed E-state index contributed by atoms with van der Waals surface area (Å²) in [6, 6.07) is 9.29. The van der Waals surface area contributed by atoms with Crippen molar-refractivity contribution in [1.82, 2.24) is 10.2 Å². The third-order valence-electron chi connectivity index (χ3n) is 2.42. The third-order valence-corrected chi connectivity index (χ3v) is 2.42. The van der Waals surface area contributed by atoms with Gasteiger partial charge in [0.1, 0.15) is 0 Å². The number of carboxylic acid groups (broad SMARTS) is 1. The first-order valence-corrected chi connectivity index (χ1v) is 5.23. The van der Waals surface area contributed by atoms with E-state index in [9.17, 15) is 4.79 Å². The van der Waals surface area contributed by atoms with E-state index >= 15 is 0 Å². The zero-order chi connectivity index (χ0) is 12.3. The Labute approximate surface area is 98.1 Å². The van der Waals surface area contributed by atoms with Gasteiger partial charge in [0, 0.05) is 6.92 Å². The fourth-order valence-corrected chi connectivity index (χ4v) is 1.66. The summed E-state index contributed by atoms with van der Waals surface area (Å²) in [4.78, 5) is 10.9. The number of aromatic nitrogens is 2. The van der Waals surface area contributed by atoms with Crippen molar-refractivity contribution < 1.29 is 14.3 Å². The van der Waals surface area contributed by atoms with Crippen molar-refractivity contribution in [2.45, 2.75) is 19.3 Å². The second kappa shape index (κ2) is 4.78. The van der Waals surface area contributed by atoms with E-state index in [0.29, 0.717) is 11.8 Å². The topological polar surface area (TPSA) is 76.2 Å². The van der Waals surface area contributed by atoms with Gasteiger partial charge in [-0.2, -0.15) is 0 Å². The summed E-state index contributed by atoms with van der Waals surface area (Å²) in [7, 11) is 0. The second-order valence-electron chi connectivity index (χ2n) is 3.72. The third kappa shape index (κ3) is 2.69. The zero-order valence-corrected chi connectivity index (χ0v) is 9.33. The highest BCUT2D eigenvalue weighted by atomic mass is 16.4. The van der Waals surface area contributed by atoms with Crippen molar-refractivity contribution in [2.24, 2.45) is 0 Å². The number of nitrogens with zero attached hydrogens (tertiary/aromatic N) is 2. The number of benzene rings is 1. The molecule has 0 saturated heterocycles. The van der Waals surface area contributed by atoms with Gasteiger partial charge in [-0.1, -0.05) is 30.3 Å². The maximum absolute atomic E-state index is 10.9. The van der Waals surface area contributed by atoms with Crippen molar-refractivity contribution in [2.75, 3.05) is 0 Å². The van der Waals surface area contributed by atoms with Crippen molar-refractivity contribution in [3.8, 4) is 0 Å². The second-order valence-corrected chi connectivity index (χ2v) is 3.72. The summed E-state index contributed by atoms with van der Waals surface area (Å²) in [6.07, 6.45) is -0.0638. The largest absolute Gasteiger partial charge is 0.481 e. The van der Waals surface area contributed by atoms with E-state index in [0.717, 1.165) is 5.56 Å². The molecule has 0 aliphatic heterocycles. The number of aryl methyl sites for hydroxylation is 1. The van der Waals surface area contributed by atoms with Crippen molar-refractivity contribution in [3.63, 3.8) is 0 Å². The number of carbonyl (C=O) groups is 1. The summed E-state index contributed by atoms with van der Waals surface area (Å²) in [5.74, 6) is -0.507. The van der Waals surface area contributed by atoms with Crippen LogP contribution in [0.1, 0.15) is 29.7 Å². The minimum absolute atomic E-state index is 0.0638. The predicted octanol–water partition coefficient (Wildman–Crippen LogP) is 1.98. The molecule has 0 bridgehead atoms. The van der Waals surface area contributed by atoms with Crippen molar-refractivity contribution >= 4 is 5.97 Å². The van der Waals surface area contributed by atoms with Crippen LogP contribution in [0.25, 0.3) is 0 Å². The van der Waals surface area contributed by atoms with E-state index in [4.69, 9.17) is 9.52 Å². The number of hydrogen-bond donors (Lipinski definition) is 1. The SMILES string of the molecule is Cc1nnc([C@H](CC(=O)O)c2ccccc2)o1. The maximum atomic E-state index is 10.9. The number of hydrogen-bond acceptors (Lipinski definition) is 4. The lowest BCUT2D eigenvalue weighted by atomic mass is 9.96. The average molecular weight is 232 g/mol. The lowest BCUT2D eigenvalue weighted by molar-refractivity contribution is -0.137. The van der Waals surface area contributed by atoms with E-state index in [1.165, 1.54) is 0 Å². The summed E-state index contributed by atoms with van der Waals surface area (Å²) >= 11 is 0. The van der Waals surface area contributed by atoms with Gasteiger partial charge in [-0.3, -0.25) is 4.79 Å². The molecular weight excluding hydrogens is 220 g/mol. The highest BCUT2D eigenvalue weighted by molar-refractivity contribution is 5.68. The molecule has 1 heterocycles. The van der Waals surface area contributed by atoms with Crippen LogP contribution in [0.15, 0.2) is 34.7 Å². The Morgan fingerprint density at radius 3 is 2.59 bits per heavy atom. The molecule has 0 spiro atoms. The van der Waals surface area contributed by atoms with Crippen LogP contribution in [-0.2, 0) is 4.79 Å². The Morgan fingerprint density at radius 1 is 1.35 bits per heavy atom. The van der Waals surface area contributed by atoms with Gasteiger partial charge < -0.3 is 9.52 Å². The highest BCUT2D eigenvalue weighted by Gasteiger charge is 2.22. The van der Waals surface area contributed by atoms with E-state index < -0.39 is 11.9 Å². The van der Waals surface area contributed by atoms with Crippen molar-refractivity contribution in [1.29, 1.82) is 0 Å². The first kappa shape index (κ1) is 11.3. The standard InChI is InChI=1S/C12H12N2O3/c1-8-13-14-12(17-8)10(7-11(15)16)9-5-3-2-4-6-9/h2-6,10H,7H2,1H3,(H,15,16)/t10-/m1/s1. The number of aliphatic carboxylic acids is 1. The molecule has 1 atom stereocenters. The van der Waals surface area contributed by atoms with E-state index in [-0.39, 0.29) is 6.42 Å². The Kier molecular flexibility index (Phi) is 3.18. The Bertz CT molecular complexity index is 507. The van der Waals surface area contributed by atoms with Crippen LogP contribution >= 0.6 is 0 Å². The van der Waals surface area contributed by atoms with Crippen LogP contribution < -0.4 is 0 Å². The van der Waals surface area contributed by atoms with Crippen LogP contribution in [0.4, 0.5) is 0 Å². The van der Waals surface area contributed by atoms with E-state index in [2.05, 4.69) is 10.2 Å². The normalized spacial score (nSPS) is 12.3. The molecule has 0 fully saturated rings. The van der Waals surface area contributed by atoms with Crippen molar-refractivity contribution in [3.05, 3.63) is 47.7 Å². The van der Waals surface area contributed by atoms with Gasteiger partial charge in [0.2, 0.25) is 11.8 Å². The summed E-state index contributed by atoms with van der Waals surface area (Å²) in [5, 5.41) is 16.5. The fraction of sp³-hybridized carbons (Fsp3) is 0.250. The van der Waals surface area contributed by atoms with E-state index in [1.54, 1.807) is 6.92 Å². The van der Waals surface area contributed by atoms with Crippen LogP contribution in [0.5, 0.6) is 0 Å².